The van der Waals surface area contributed by atoms with E-state index in [-0.39, 0.29) is 115 Å². The topological polar surface area (TPSA) is 43.4 Å². The fourth-order valence-corrected chi connectivity index (χ4v) is 4.86. The van der Waals surface area contributed by atoms with Gasteiger partial charge in [-0.1, -0.05) is 154 Å². The van der Waals surface area contributed by atoms with Crippen molar-refractivity contribution < 1.29 is 14.3 Å². The summed E-state index contributed by atoms with van der Waals surface area (Å²) in [6.07, 6.45) is 38.2. The van der Waals surface area contributed by atoms with Crippen LogP contribution in [0.3, 0.4) is 0 Å². The van der Waals surface area contributed by atoms with Gasteiger partial charge in [-0.3, -0.25) is 9.59 Å². The van der Waals surface area contributed by atoms with Gasteiger partial charge in [-0.25, -0.2) is 0 Å². The summed E-state index contributed by atoms with van der Waals surface area (Å²) in [5.41, 5.74) is 0. The fourth-order valence-electron chi connectivity index (χ4n) is 4.86. The van der Waals surface area contributed by atoms with Crippen LogP contribution in [0.5, 0.6) is 0 Å². The molecule has 0 aliphatic rings. The SMILES string of the molecule is CCCCCCCC/C=C\CCCCCCCC(=O)OC(=O)CCCCCCCCCCCCCCC.[KH].[KH]. The quantitative estimate of drug-likeness (QED) is 0.0282. The summed E-state index contributed by atoms with van der Waals surface area (Å²) in [6.45, 7) is 4.53. The summed E-state index contributed by atoms with van der Waals surface area (Å²) in [6, 6.07) is 0. The Balaban J connectivity index is -0.00000648. The molecule has 0 aromatic carbocycles. The molecule has 3 nitrogen and oxygen atoms in total. The van der Waals surface area contributed by atoms with Crippen molar-refractivity contribution in [3.05, 3.63) is 12.2 Å². The van der Waals surface area contributed by atoms with Crippen molar-refractivity contribution >= 4 is 115 Å². The Labute approximate surface area is 329 Å². The van der Waals surface area contributed by atoms with Crippen LogP contribution in [0.4, 0.5) is 0 Å². The minimum absolute atomic E-state index is 0. The second-order valence-electron chi connectivity index (χ2n) is 11.2. The standard InChI is InChI=1S/C34H64O3.2K.2H/c1-3-5-7-9-11-13-15-17-18-20-22-24-26-28-30-32-34(36)37-33(35)31-29-27-25-23-21-19-16-14-12-10-8-6-4-2;;;;/h17-18H,3-16,19-32H2,1-2H3;;;;/b18-17-;;;;. The summed E-state index contributed by atoms with van der Waals surface area (Å²) in [5.74, 6) is -0.668. The molecule has 0 saturated carbocycles. The van der Waals surface area contributed by atoms with Crippen LogP contribution in [-0.4, -0.2) is 115 Å². The van der Waals surface area contributed by atoms with Gasteiger partial charge in [-0.2, -0.15) is 0 Å². The monoisotopic (exact) mass is 600 g/mol. The van der Waals surface area contributed by atoms with Gasteiger partial charge in [-0.15, -0.1) is 0 Å². The zero-order valence-corrected chi connectivity index (χ0v) is 25.2. The molecule has 0 aromatic rings. The van der Waals surface area contributed by atoms with E-state index in [4.69, 9.17) is 4.74 Å². The van der Waals surface area contributed by atoms with Crippen LogP contribution in [-0.2, 0) is 14.3 Å². The van der Waals surface area contributed by atoms with Crippen LogP contribution in [0.1, 0.15) is 194 Å². The van der Waals surface area contributed by atoms with E-state index < -0.39 is 0 Å². The van der Waals surface area contributed by atoms with Gasteiger partial charge in [0.1, 0.15) is 0 Å². The summed E-state index contributed by atoms with van der Waals surface area (Å²) >= 11 is 0. The molecular formula is C34H66K2O3. The third-order valence-electron chi connectivity index (χ3n) is 7.35. The summed E-state index contributed by atoms with van der Waals surface area (Å²) in [4.78, 5) is 23.7. The second-order valence-corrected chi connectivity index (χ2v) is 11.2. The van der Waals surface area contributed by atoms with Gasteiger partial charge in [0.15, 0.2) is 0 Å². The normalized spacial score (nSPS) is 10.8. The Kier molecular flexibility index (Phi) is 46.9. The molecule has 0 aromatic heterocycles. The number of unbranched alkanes of at least 4 members (excludes halogenated alkanes) is 23. The van der Waals surface area contributed by atoms with Crippen LogP contribution in [0.25, 0.3) is 0 Å². The van der Waals surface area contributed by atoms with Crippen molar-refractivity contribution in [2.75, 3.05) is 0 Å². The fraction of sp³-hybridized carbons (Fsp3) is 0.882. The Morgan fingerprint density at radius 3 is 0.974 bits per heavy atom. The van der Waals surface area contributed by atoms with Crippen molar-refractivity contribution in [1.82, 2.24) is 0 Å². The molecular weight excluding hydrogens is 535 g/mol. The molecule has 0 bridgehead atoms. The molecule has 0 aliphatic heterocycles. The molecule has 0 rings (SSSR count). The molecule has 0 N–H and O–H groups in total. The number of carbonyl (C=O) groups is 2. The summed E-state index contributed by atoms with van der Waals surface area (Å²) in [7, 11) is 0. The molecule has 0 aliphatic carbocycles. The Morgan fingerprint density at radius 1 is 0.410 bits per heavy atom. The molecule has 222 valence electrons. The second kappa shape index (κ2) is 40.2. The van der Waals surface area contributed by atoms with Crippen molar-refractivity contribution in [3.63, 3.8) is 0 Å². The van der Waals surface area contributed by atoms with Gasteiger partial charge in [0.25, 0.3) is 0 Å². The van der Waals surface area contributed by atoms with E-state index in [0.717, 1.165) is 32.1 Å². The van der Waals surface area contributed by atoms with Crippen LogP contribution in [0.2, 0.25) is 0 Å². The number of esters is 2. The predicted octanol–water partition coefficient (Wildman–Crippen LogP) is 10.3. The molecule has 0 radical (unpaired) electrons. The average molecular weight is 601 g/mol. The molecule has 0 heterocycles. The molecule has 0 amide bonds. The van der Waals surface area contributed by atoms with E-state index >= 15 is 0 Å². The van der Waals surface area contributed by atoms with Crippen molar-refractivity contribution in [1.29, 1.82) is 0 Å². The Bertz CT molecular complexity index is 523. The van der Waals surface area contributed by atoms with E-state index in [2.05, 4.69) is 26.0 Å². The van der Waals surface area contributed by atoms with E-state index in [9.17, 15) is 9.59 Å². The molecule has 5 heteroatoms. The maximum atomic E-state index is 11.9. The summed E-state index contributed by atoms with van der Waals surface area (Å²) < 4.78 is 4.99. The number of carbonyl (C=O) groups excluding carboxylic acids is 2. The zero-order chi connectivity index (χ0) is 27.1. The average Bonchev–Trinajstić information content (AvgIpc) is 2.89. The van der Waals surface area contributed by atoms with Gasteiger partial charge in [0.05, 0.1) is 0 Å². The third-order valence-corrected chi connectivity index (χ3v) is 7.35. The number of ether oxygens (including phenoxy) is 1. The van der Waals surface area contributed by atoms with E-state index in [1.165, 1.54) is 135 Å². The first kappa shape index (κ1) is 45.6. The molecule has 39 heavy (non-hydrogen) atoms. The van der Waals surface area contributed by atoms with Crippen LogP contribution in [0, 0.1) is 0 Å². The Hall–Kier alpha value is 2.15. The predicted molar refractivity (Wildman–Crippen MR) is 175 cm³/mol. The first-order valence-electron chi connectivity index (χ1n) is 16.6. The first-order chi connectivity index (χ1) is 18.2. The van der Waals surface area contributed by atoms with Crippen LogP contribution in [0.15, 0.2) is 12.2 Å². The van der Waals surface area contributed by atoms with E-state index in [0.29, 0.717) is 12.8 Å². The molecule has 0 atom stereocenters. The maximum absolute atomic E-state index is 11.9. The third kappa shape index (κ3) is 40.2. The van der Waals surface area contributed by atoms with Crippen LogP contribution >= 0.6 is 0 Å². The first-order valence-corrected chi connectivity index (χ1v) is 16.6. The van der Waals surface area contributed by atoms with Gasteiger partial charge < -0.3 is 4.74 Å². The van der Waals surface area contributed by atoms with Crippen molar-refractivity contribution in [2.24, 2.45) is 0 Å². The number of allylic oxidation sites excluding steroid dienone is 2. The summed E-state index contributed by atoms with van der Waals surface area (Å²) in [5, 5.41) is 0. The molecule has 0 spiro atoms. The number of hydrogen-bond donors (Lipinski definition) is 0. The minimum atomic E-state index is -0.336. The van der Waals surface area contributed by atoms with Crippen molar-refractivity contribution in [2.45, 2.75) is 194 Å². The zero-order valence-electron chi connectivity index (χ0n) is 25.2. The molecule has 0 fully saturated rings. The van der Waals surface area contributed by atoms with E-state index in [1.54, 1.807) is 0 Å². The van der Waals surface area contributed by atoms with Gasteiger partial charge in [-0.05, 0) is 38.5 Å². The van der Waals surface area contributed by atoms with Gasteiger partial charge in [0, 0.05) is 12.8 Å². The van der Waals surface area contributed by atoms with E-state index in [1.807, 2.05) is 0 Å². The van der Waals surface area contributed by atoms with Gasteiger partial charge >= 0.3 is 115 Å². The number of hydrogen-bond acceptors (Lipinski definition) is 3. The molecule has 0 saturated heterocycles. The molecule has 0 unspecified atom stereocenters. The van der Waals surface area contributed by atoms with Gasteiger partial charge in [0.2, 0.25) is 0 Å². The van der Waals surface area contributed by atoms with Crippen molar-refractivity contribution in [3.8, 4) is 0 Å². The Morgan fingerprint density at radius 2 is 0.667 bits per heavy atom. The van der Waals surface area contributed by atoms with Crippen LogP contribution < -0.4 is 0 Å². The number of rotatable bonds is 29.